The summed E-state index contributed by atoms with van der Waals surface area (Å²) in [7, 11) is 0. The Balaban J connectivity index is 1.80. The second kappa shape index (κ2) is 5.43. The third kappa shape index (κ3) is 2.86. The summed E-state index contributed by atoms with van der Waals surface area (Å²) in [5.74, 6) is -0.230. The van der Waals surface area contributed by atoms with Crippen molar-refractivity contribution >= 4 is 17.0 Å². The van der Waals surface area contributed by atoms with E-state index in [9.17, 15) is 4.39 Å². The van der Waals surface area contributed by atoms with Gasteiger partial charge >= 0.3 is 0 Å². The van der Waals surface area contributed by atoms with E-state index in [0.29, 0.717) is 0 Å². The fourth-order valence-corrected chi connectivity index (χ4v) is 2.79. The first-order chi connectivity index (χ1) is 9.70. The Labute approximate surface area is 120 Å². The molecule has 1 heterocycles. The van der Waals surface area contributed by atoms with Gasteiger partial charge in [0.25, 0.3) is 0 Å². The Kier molecular flexibility index (Phi) is 3.48. The van der Waals surface area contributed by atoms with E-state index in [-0.39, 0.29) is 5.82 Å². The summed E-state index contributed by atoms with van der Waals surface area (Å²) in [5.41, 5.74) is 9.44. The van der Waals surface area contributed by atoms with Gasteiger partial charge in [-0.1, -0.05) is 12.1 Å². The number of rotatable bonds is 3. The summed E-state index contributed by atoms with van der Waals surface area (Å²) < 4.78 is 12.9. The number of nitrogens with zero attached hydrogens (tertiary/aromatic N) is 1. The topological polar surface area (TPSA) is 38.9 Å². The van der Waals surface area contributed by atoms with Crippen LogP contribution < -0.4 is 5.73 Å². The van der Waals surface area contributed by atoms with E-state index in [2.05, 4.69) is 4.98 Å². The van der Waals surface area contributed by atoms with Crippen LogP contribution >= 0.6 is 11.3 Å². The van der Waals surface area contributed by atoms with E-state index in [0.717, 1.165) is 28.4 Å². The van der Waals surface area contributed by atoms with E-state index in [1.165, 1.54) is 17.7 Å². The van der Waals surface area contributed by atoms with Crippen LogP contribution in [0.4, 0.5) is 10.1 Å². The quantitative estimate of drug-likeness (QED) is 0.735. The molecule has 1 aromatic heterocycles. The zero-order valence-electron chi connectivity index (χ0n) is 10.7. The average molecular weight is 284 g/mol. The van der Waals surface area contributed by atoms with Gasteiger partial charge in [-0.15, -0.1) is 11.3 Å². The standard InChI is InChI=1S/C16H13FN2S/c17-13-5-3-12(4-6-13)15-10-20-16(19-15)9-11-1-7-14(18)8-2-11/h1-8,10H,9,18H2. The van der Waals surface area contributed by atoms with Crippen LogP contribution in [0, 0.1) is 5.82 Å². The van der Waals surface area contributed by atoms with Crippen LogP contribution in [0.2, 0.25) is 0 Å². The molecule has 0 saturated heterocycles. The lowest BCUT2D eigenvalue weighted by Crippen LogP contribution is -1.89. The highest BCUT2D eigenvalue weighted by Crippen LogP contribution is 2.23. The van der Waals surface area contributed by atoms with Crippen molar-refractivity contribution in [3.8, 4) is 11.3 Å². The van der Waals surface area contributed by atoms with Crippen LogP contribution in [-0.2, 0) is 6.42 Å². The number of nitrogen functional groups attached to an aromatic ring is 1. The van der Waals surface area contributed by atoms with Crippen molar-refractivity contribution in [2.45, 2.75) is 6.42 Å². The molecule has 0 fully saturated rings. The third-order valence-corrected chi connectivity index (χ3v) is 3.88. The normalized spacial score (nSPS) is 10.7. The minimum absolute atomic E-state index is 0.230. The summed E-state index contributed by atoms with van der Waals surface area (Å²) in [6, 6.07) is 14.2. The van der Waals surface area contributed by atoms with Crippen molar-refractivity contribution in [3.05, 3.63) is 70.3 Å². The molecule has 0 aliphatic carbocycles. The van der Waals surface area contributed by atoms with E-state index < -0.39 is 0 Å². The smallest absolute Gasteiger partial charge is 0.123 e. The maximum Gasteiger partial charge on any atom is 0.123 e. The molecule has 20 heavy (non-hydrogen) atoms. The molecule has 3 aromatic rings. The van der Waals surface area contributed by atoms with Gasteiger partial charge in [0.15, 0.2) is 0 Å². The summed E-state index contributed by atoms with van der Waals surface area (Å²) >= 11 is 1.61. The van der Waals surface area contributed by atoms with Gasteiger partial charge in [0.1, 0.15) is 5.82 Å². The van der Waals surface area contributed by atoms with Gasteiger partial charge in [-0.05, 0) is 42.0 Å². The van der Waals surface area contributed by atoms with Gasteiger partial charge in [-0.2, -0.15) is 0 Å². The highest BCUT2D eigenvalue weighted by Gasteiger charge is 2.05. The number of benzene rings is 2. The monoisotopic (exact) mass is 284 g/mol. The first-order valence-electron chi connectivity index (χ1n) is 6.25. The van der Waals surface area contributed by atoms with Gasteiger partial charge in [-0.3, -0.25) is 0 Å². The maximum atomic E-state index is 12.9. The molecule has 100 valence electrons. The maximum absolute atomic E-state index is 12.9. The lowest BCUT2D eigenvalue weighted by Gasteiger charge is -1.99. The lowest BCUT2D eigenvalue weighted by molar-refractivity contribution is 0.628. The molecule has 0 unspecified atom stereocenters. The highest BCUT2D eigenvalue weighted by atomic mass is 32.1. The second-order valence-electron chi connectivity index (χ2n) is 4.55. The van der Waals surface area contributed by atoms with Gasteiger partial charge in [0, 0.05) is 23.1 Å². The molecule has 0 spiro atoms. The van der Waals surface area contributed by atoms with Crippen LogP contribution in [0.1, 0.15) is 10.6 Å². The summed E-state index contributed by atoms with van der Waals surface area (Å²) in [6.45, 7) is 0. The Hall–Kier alpha value is -2.20. The average Bonchev–Trinajstić information content (AvgIpc) is 2.91. The molecular weight excluding hydrogens is 271 g/mol. The van der Waals surface area contributed by atoms with Crippen LogP contribution in [0.3, 0.4) is 0 Å². The molecule has 0 bridgehead atoms. The van der Waals surface area contributed by atoms with Crippen molar-refractivity contribution in [1.82, 2.24) is 4.98 Å². The predicted octanol–water partition coefficient (Wildman–Crippen LogP) is 4.12. The molecular formula is C16H13FN2S. The Morgan fingerprint density at radius 3 is 2.40 bits per heavy atom. The molecule has 0 aliphatic rings. The number of anilines is 1. The molecule has 2 N–H and O–H groups in total. The zero-order chi connectivity index (χ0) is 13.9. The number of hydrogen-bond acceptors (Lipinski definition) is 3. The first kappa shape index (κ1) is 12.8. The predicted molar refractivity (Wildman–Crippen MR) is 81.2 cm³/mol. The summed E-state index contributed by atoms with van der Waals surface area (Å²) in [4.78, 5) is 4.59. The third-order valence-electron chi connectivity index (χ3n) is 3.03. The number of thiazole rings is 1. The van der Waals surface area contributed by atoms with E-state index >= 15 is 0 Å². The molecule has 2 aromatic carbocycles. The number of halogens is 1. The van der Waals surface area contributed by atoms with Crippen molar-refractivity contribution < 1.29 is 4.39 Å². The number of nitrogens with two attached hydrogens (primary N) is 1. The van der Waals surface area contributed by atoms with E-state index in [1.54, 1.807) is 23.5 Å². The van der Waals surface area contributed by atoms with Crippen molar-refractivity contribution in [2.75, 3.05) is 5.73 Å². The van der Waals surface area contributed by atoms with Crippen LogP contribution in [-0.4, -0.2) is 4.98 Å². The van der Waals surface area contributed by atoms with Gasteiger partial charge < -0.3 is 5.73 Å². The minimum Gasteiger partial charge on any atom is -0.399 e. The van der Waals surface area contributed by atoms with Crippen LogP contribution in [0.5, 0.6) is 0 Å². The lowest BCUT2D eigenvalue weighted by atomic mass is 10.1. The first-order valence-corrected chi connectivity index (χ1v) is 7.13. The molecule has 0 aliphatic heterocycles. The van der Waals surface area contributed by atoms with Crippen LogP contribution in [0.25, 0.3) is 11.3 Å². The van der Waals surface area contributed by atoms with Crippen molar-refractivity contribution in [1.29, 1.82) is 0 Å². The largest absolute Gasteiger partial charge is 0.399 e. The fraction of sp³-hybridized carbons (Fsp3) is 0.0625. The number of hydrogen-bond donors (Lipinski definition) is 1. The Bertz CT molecular complexity index is 702. The van der Waals surface area contributed by atoms with Gasteiger partial charge in [-0.25, -0.2) is 9.37 Å². The van der Waals surface area contributed by atoms with E-state index in [1.807, 2.05) is 29.6 Å². The molecule has 0 saturated carbocycles. The molecule has 0 radical (unpaired) electrons. The molecule has 3 rings (SSSR count). The van der Waals surface area contributed by atoms with Gasteiger partial charge in [0.2, 0.25) is 0 Å². The van der Waals surface area contributed by atoms with E-state index in [4.69, 9.17) is 5.73 Å². The molecule has 2 nitrogen and oxygen atoms in total. The fourth-order valence-electron chi connectivity index (χ4n) is 1.96. The summed E-state index contributed by atoms with van der Waals surface area (Å²) in [5, 5.41) is 3.04. The Morgan fingerprint density at radius 1 is 1.00 bits per heavy atom. The van der Waals surface area contributed by atoms with Crippen LogP contribution in [0.15, 0.2) is 53.9 Å². The zero-order valence-corrected chi connectivity index (χ0v) is 11.5. The Morgan fingerprint density at radius 2 is 1.70 bits per heavy atom. The van der Waals surface area contributed by atoms with Crippen molar-refractivity contribution in [3.63, 3.8) is 0 Å². The van der Waals surface area contributed by atoms with Crippen molar-refractivity contribution in [2.24, 2.45) is 0 Å². The second-order valence-corrected chi connectivity index (χ2v) is 5.49. The summed E-state index contributed by atoms with van der Waals surface area (Å²) in [6.07, 6.45) is 0.784. The number of aromatic nitrogens is 1. The van der Waals surface area contributed by atoms with Gasteiger partial charge in [0.05, 0.1) is 10.7 Å². The minimum atomic E-state index is -0.230. The molecule has 4 heteroatoms. The molecule has 0 amide bonds. The SMILES string of the molecule is Nc1ccc(Cc2nc(-c3ccc(F)cc3)cs2)cc1. The molecule has 0 atom stereocenters. The highest BCUT2D eigenvalue weighted by molar-refractivity contribution is 7.10.